The Morgan fingerprint density at radius 1 is 1.00 bits per heavy atom. The maximum absolute atomic E-state index is 4.84. The van der Waals surface area contributed by atoms with E-state index in [0.717, 1.165) is 49.8 Å². The highest BCUT2D eigenvalue weighted by molar-refractivity contribution is 7.13. The van der Waals surface area contributed by atoms with Crippen molar-refractivity contribution in [3.05, 3.63) is 58.9 Å². The highest BCUT2D eigenvalue weighted by atomic mass is 32.1. The molecule has 2 aliphatic heterocycles. The lowest BCUT2D eigenvalue weighted by Crippen LogP contribution is -2.34. The third-order valence-corrected chi connectivity index (χ3v) is 6.54. The predicted octanol–water partition coefficient (Wildman–Crippen LogP) is 4.15. The highest BCUT2D eigenvalue weighted by Crippen LogP contribution is 2.27. The Hall–Kier alpha value is -2.31. The fraction of sp³-hybridized carbons (Fsp3) is 0.409. The lowest BCUT2D eigenvalue weighted by molar-refractivity contribution is 0.243. The van der Waals surface area contributed by atoms with Crippen LogP contribution in [0.3, 0.4) is 0 Å². The van der Waals surface area contributed by atoms with Gasteiger partial charge in [0.05, 0.1) is 10.6 Å². The lowest BCUT2D eigenvalue weighted by Gasteiger charge is -2.32. The molecule has 5 nitrogen and oxygen atoms in total. The van der Waals surface area contributed by atoms with Crippen molar-refractivity contribution in [2.24, 2.45) is 0 Å². The zero-order valence-electron chi connectivity index (χ0n) is 16.0. The largest absolute Gasteiger partial charge is 0.356 e. The summed E-state index contributed by atoms with van der Waals surface area (Å²) in [6.07, 6.45) is 8.83. The van der Waals surface area contributed by atoms with E-state index in [1.807, 2.05) is 12.4 Å². The van der Waals surface area contributed by atoms with Gasteiger partial charge in [0.1, 0.15) is 5.82 Å². The molecule has 1 fully saturated rings. The van der Waals surface area contributed by atoms with Crippen LogP contribution in [0.1, 0.15) is 36.1 Å². The molecule has 3 aromatic heterocycles. The summed E-state index contributed by atoms with van der Waals surface area (Å²) in [5.41, 5.74) is 3.80. The highest BCUT2D eigenvalue weighted by Gasteiger charge is 2.22. The molecule has 0 aliphatic carbocycles. The zero-order chi connectivity index (χ0) is 18.8. The van der Waals surface area contributed by atoms with Gasteiger partial charge in [0.25, 0.3) is 0 Å². The van der Waals surface area contributed by atoms with Crippen LogP contribution in [-0.2, 0) is 19.5 Å². The molecule has 144 valence electrons. The van der Waals surface area contributed by atoms with Crippen molar-refractivity contribution in [3.63, 3.8) is 0 Å². The number of hydrogen-bond donors (Lipinski definition) is 0. The number of anilines is 1. The number of hydrogen-bond acceptors (Lipinski definition) is 6. The second-order valence-electron chi connectivity index (χ2n) is 7.64. The molecule has 5 heterocycles. The van der Waals surface area contributed by atoms with E-state index >= 15 is 0 Å². The van der Waals surface area contributed by atoms with Crippen LogP contribution in [0.2, 0.25) is 0 Å². The number of pyridine rings is 1. The van der Waals surface area contributed by atoms with E-state index in [4.69, 9.17) is 9.97 Å². The van der Waals surface area contributed by atoms with Crippen LogP contribution in [0.5, 0.6) is 0 Å². The van der Waals surface area contributed by atoms with E-state index in [0.29, 0.717) is 0 Å². The maximum atomic E-state index is 4.84. The van der Waals surface area contributed by atoms with Gasteiger partial charge in [-0.25, -0.2) is 15.0 Å². The van der Waals surface area contributed by atoms with Crippen LogP contribution in [0.25, 0.3) is 10.7 Å². The Morgan fingerprint density at radius 3 is 2.79 bits per heavy atom. The van der Waals surface area contributed by atoms with Crippen LogP contribution in [-0.4, -0.2) is 39.5 Å². The third-order valence-electron chi connectivity index (χ3n) is 5.67. The van der Waals surface area contributed by atoms with E-state index in [1.165, 1.54) is 41.9 Å². The molecule has 0 N–H and O–H groups in total. The van der Waals surface area contributed by atoms with Crippen molar-refractivity contribution in [3.8, 4) is 10.7 Å². The number of piperidine rings is 1. The van der Waals surface area contributed by atoms with E-state index in [1.54, 1.807) is 11.3 Å². The van der Waals surface area contributed by atoms with Gasteiger partial charge >= 0.3 is 0 Å². The van der Waals surface area contributed by atoms with Crippen LogP contribution >= 0.6 is 11.3 Å². The third kappa shape index (κ3) is 3.66. The molecule has 5 rings (SSSR count). The van der Waals surface area contributed by atoms with Crippen LogP contribution in [0, 0.1) is 0 Å². The van der Waals surface area contributed by atoms with Crippen LogP contribution in [0.4, 0.5) is 5.82 Å². The summed E-state index contributed by atoms with van der Waals surface area (Å²) in [6, 6.07) is 8.45. The Labute approximate surface area is 170 Å². The van der Waals surface area contributed by atoms with Crippen molar-refractivity contribution >= 4 is 17.2 Å². The first-order valence-corrected chi connectivity index (χ1v) is 11.0. The topological polar surface area (TPSA) is 45.2 Å². The number of nitrogens with zero attached hydrogens (tertiary/aromatic N) is 5. The number of fused-ring (bicyclic) bond motifs is 1. The average molecular weight is 392 g/mol. The quantitative estimate of drug-likeness (QED) is 0.669. The first-order chi connectivity index (χ1) is 13.9. The molecular formula is C22H25N5S. The molecule has 0 spiro atoms. The minimum atomic E-state index is 0.863. The molecule has 0 amide bonds. The SMILES string of the molecule is c1csc(-c2ncc3c(n2)CCN(Cc2cccnc2N2CCCCC2)C3)c1. The Morgan fingerprint density at radius 2 is 1.93 bits per heavy atom. The average Bonchev–Trinajstić information content (AvgIpc) is 3.29. The van der Waals surface area contributed by atoms with Crippen molar-refractivity contribution in [2.45, 2.75) is 38.8 Å². The van der Waals surface area contributed by atoms with Gasteiger partial charge in [0.15, 0.2) is 5.82 Å². The van der Waals surface area contributed by atoms with E-state index in [9.17, 15) is 0 Å². The van der Waals surface area contributed by atoms with Gasteiger partial charge in [-0.15, -0.1) is 11.3 Å². The van der Waals surface area contributed by atoms with E-state index in [2.05, 4.69) is 44.4 Å². The Kier molecular flexibility index (Phi) is 5.06. The molecule has 0 atom stereocenters. The zero-order valence-corrected chi connectivity index (χ0v) is 16.9. The normalized spacial score (nSPS) is 17.5. The maximum Gasteiger partial charge on any atom is 0.169 e. The summed E-state index contributed by atoms with van der Waals surface area (Å²) < 4.78 is 0. The second kappa shape index (κ2) is 7.97. The first-order valence-electron chi connectivity index (χ1n) is 10.2. The minimum absolute atomic E-state index is 0.863. The van der Waals surface area contributed by atoms with Gasteiger partial charge in [-0.1, -0.05) is 12.1 Å². The second-order valence-corrected chi connectivity index (χ2v) is 8.59. The Bertz CT molecular complexity index is 934. The summed E-state index contributed by atoms with van der Waals surface area (Å²) >= 11 is 1.70. The Balaban J connectivity index is 1.32. The molecule has 6 heteroatoms. The van der Waals surface area contributed by atoms with Gasteiger partial charge < -0.3 is 4.90 Å². The van der Waals surface area contributed by atoms with Gasteiger partial charge in [0, 0.05) is 62.7 Å². The number of thiophene rings is 1. The molecule has 28 heavy (non-hydrogen) atoms. The van der Waals surface area contributed by atoms with Crippen LogP contribution in [0.15, 0.2) is 42.0 Å². The monoisotopic (exact) mass is 391 g/mol. The number of aromatic nitrogens is 3. The van der Waals surface area contributed by atoms with Crippen molar-refractivity contribution in [1.82, 2.24) is 19.9 Å². The standard InChI is InChI=1S/C22H25N5S/c1-2-10-27(11-3-1)22-17(6-4-9-23-22)15-26-12-8-19-18(16-26)14-24-21(25-19)20-7-5-13-28-20/h4-7,9,13-14H,1-3,8,10-12,15-16H2. The van der Waals surface area contributed by atoms with Crippen molar-refractivity contribution in [1.29, 1.82) is 0 Å². The van der Waals surface area contributed by atoms with E-state index < -0.39 is 0 Å². The molecule has 0 saturated carbocycles. The van der Waals surface area contributed by atoms with E-state index in [-0.39, 0.29) is 0 Å². The molecule has 0 aromatic carbocycles. The number of rotatable bonds is 4. The fourth-order valence-corrected chi connectivity index (χ4v) is 4.88. The molecule has 1 saturated heterocycles. The van der Waals surface area contributed by atoms with Crippen molar-refractivity contribution in [2.75, 3.05) is 24.5 Å². The molecule has 0 bridgehead atoms. The van der Waals surface area contributed by atoms with Gasteiger partial charge in [-0.3, -0.25) is 4.90 Å². The molecule has 3 aromatic rings. The summed E-state index contributed by atoms with van der Waals surface area (Å²) in [7, 11) is 0. The van der Waals surface area contributed by atoms with Gasteiger partial charge in [-0.05, 0) is 36.8 Å². The molecule has 0 radical (unpaired) electrons. The van der Waals surface area contributed by atoms with Crippen molar-refractivity contribution < 1.29 is 0 Å². The minimum Gasteiger partial charge on any atom is -0.356 e. The smallest absolute Gasteiger partial charge is 0.169 e. The summed E-state index contributed by atoms with van der Waals surface area (Å²) in [5, 5.41) is 2.08. The molecular weight excluding hydrogens is 366 g/mol. The summed E-state index contributed by atoms with van der Waals surface area (Å²) in [5.74, 6) is 2.04. The van der Waals surface area contributed by atoms with Gasteiger partial charge in [-0.2, -0.15) is 0 Å². The summed E-state index contributed by atoms with van der Waals surface area (Å²) in [6.45, 7) is 5.14. The fourth-order valence-electron chi connectivity index (χ4n) is 4.22. The predicted molar refractivity (Wildman–Crippen MR) is 113 cm³/mol. The molecule has 0 unspecified atom stereocenters. The molecule has 2 aliphatic rings. The van der Waals surface area contributed by atoms with Gasteiger partial charge in [0.2, 0.25) is 0 Å². The summed E-state index contributed by atoms with van der Waals surface area (Å²) in [4.78, 5) is 20.3. The first kappa shape index (κ1) is 17.8. The van der Waals surface area contributed by atoms with Crippen LogP contribution < -0.4 is 4.90 Å². The lowest BCUT2D eigenvalue weighted by atomic mass is 10.1.